The van der Waals surface area contributed by atoms with Gasteiger partial charge in [0.05, 0.1) is 18.7 Å². The number of nitrogens with one attached hydrogen (secondary N) is 2. The Kier molecular flexibility index (Phi) is 4.41. The number of hydrogen-bond acceptors (Lipinski definition) is 4. The van der Waals surface area contributed by atoms with E-state index in [-0.39, 0.29) is 5.91 Å². The molecule has 2 N–H and O–H groups in total. The minimum absolute atomic E-state index is 0.174. The number of rotatable bonds is 3. The molecule has 6 heteroatoms. The molecule has 1 heterocycles. The van der Waals surface area contributed by atoms with Gasteiger partial charge in [0.2, 0.25) is 0 Å². The molecule has 1 amide bonds. The van der Waals surface area contributed by atoms with Crippen LogP contribution in [0.1, 0.15) is 0 Å². The van der Waals surface area contributed by atoms with Crippen molar-refractivity contribution in [3.05, 3.63) is 23.2 Å². The highest BCUT2D eigenvalue weighted by molar-refractivity contribution is 6.32. The lowest BCUT2D eigenvalue weighted by molar-refractivity contribution is -0.128. The molecule has 0 saturated carbocycles. The normalized spacial score (nSPS) is 19.3. The highest BCUT2D eigenvalue weighted by Gasteiger charge is 2.21. The number of morpholine rings is 1. The molecular weight excluding hydrogens is 256 g/mol. The third kappa shape index (κ3) is 3.13. The van der Waals surface area contributed by atoms with Crippen LogP contribution in [0.5, 0.6) is 5.75 Å². The first-order valence-corrected chi connectivity index (χ1v) is 6.05. The topological polar surface area (TPSA) is 59.6 Å². The summed E-state index contributed by atoms with van der Waals surface area (Å²) < 4.78 is 10.4. The second kappa shape index (κ2) is 6.04. The van der Waals surface area contributed by atoms with E-state index in [9.17, 15) is 4.79 Å². The van der Waals surface area contributed by atoms with Gasteiger partial charge < -0.3 is 20.1 Å². The largest absolute Gasteiger partial charge is 0.495 e. The lowest BCUT2D eigenvalue weighted by Gasteiger charge is -2.22. The van der Waals surface area contributed by atoms with E-state index in [0.29, 0.717) is 29.6 Å². The zero-order chi connectivity index (χ0) is 13.0. The summed E-state index contributed by atoms with van der Waals surface area (Å²) in [5, 5.41) is 6.38. The highest BCUT2D eigenvalue weighted by atomic mass is 35.5. The predicted octanol–water partition coefficient (Wildman–Crippen LogP) is 1.28. The van der Waals surface area contributed by atoms with Crippen molar-refractivity contribution < 1.29 is 14.3 Å². The average molecular weight is 271 g/mol. The Morgan fingerprint density at radius 2 is 2.44 bits per heavy atom. The van der Waals surface area contributed by atoms with Crippen LogP contribution in [0.25, 0.3) is 0 Å². The number of amides is 1. The zero-order valence-corrected chi connectivity index (χ0v) is 10.8. The van der Waals surface area contributed by atoms with Gasteiger partial charge in [-0.3, -0.25) is 4.79 Å². The van der Waals surface area contributed by atoms with E-state index in [1.165, 1.54) is 7.11 Å². The van der Waals surface area contributed by atoms with Crippen molar-refractivity contribution in [1.29, 1.82) is 0 Å². The van der Waals surface area contributed by atoms with Gasteiger partial charge in [-0.2, -0.15) is 0 Å². The smallest absolute Gasteiger partial charge is 0.254 e. The van der Waals surface area contributed by atoms with Gasteiger partial charge in [0.25, 0.3) is 5.91 Å². The summed E-state index contributed by atoms with van der Waals surface area (Å²) in [7, 11) is 1.53. The van der Waals surface area contributed by atoms with Crippen molar-refractivity contribution in [3.63, 3.8) is 0 Å². The summed E-state index contributed by atoms with van der Waals surface area (Å²) in [6, 6.07) is 5.07. The van der Waals surface area contributed by atoms with Crippen LogP contribution in [-0.4, -0.2) is 38.8 Å². The second-order valence-corrected chi connectivity index (χ2v) is 4.31. The molecule has 1 unspecified atom stereocenters. The van der Waals surface area contributed by atoms with Gasteiger partial charge in [-0.15, -0.1) is 0 Å². The minimum atomic E-state index is -0.458. The number of carbonyl (C=O) groups is 1. The molecular formula is C12H15ClN2O3. The summed E-state index contributed by atoms with van der Waals surface area (Å²) in [5.74, 6) is 0.351. The van der Waals surface area contributed by atoms with Gasteiger partial charge in [-0.05, 0) is 12.1 Å². The van der Waals surface area contributed by atoms with Crippen LogP contribution in [0.4, 0.5) is 5.69 Å². The van der Waals surface area contributed by atoms with E-state index in [0.717, 1.165) is 6.54 Å². The van der Waals surface area contributed by atoms with Crippen LogP contribution in [0.15, 0.2) is 18.2 Å². The summed E-state index contributed by atoms with van der Waals surface area (Å²) in [6.07, 6.45) is -0.458. The molecule has 1 atom stereocenters. The Hall–Kier alpha value is -1.30. The van der Waals surface area contributed by atoms with Gasteiger partial charge in [0.1, 0.15) is 11.9 Å². The molecule has 1 aliphatic heterocycles. The number of carbonyl (C=O) groups excluding carboxylic acids is 1. The number of methoxy groups -OCH3 is 1. The maximum atomic E-state index is 11.9. The van der Waals surface area contributed by atoms with E-state index in [4.69, 9.17) is 21.1 Å². The summed E-state index contributed by atoms with van der Waals surface area (Å²) >= 11 is 5.91. The Labute approximate surface area is 110 Å². The van der Waals surface area contributed by atoms with Crippen molar-refractivity contribution in [3.8, 4) is 5.75 Å². The Bertz CT molecular complexity index is 433. The van der Waals surface area contributed by atoms with E-state index in [1.54, 1.807) is 18.2 Å². The predicted molar refractivity (Wildman–Crippen MR) is 69.2 cm³/mol. The number of anilines is 1. The molecule has 0 bridgehead atoms. The molecule has 1 fully saturated rings. The van der Waals surface area contributed by atoms with Gasteiger partial charge >= 0.3 is 0 Å². The van der Waals surface area contributed by atoms with Crippen molar-refractivity contribution in [2.45, 2.75) is 6.10 Å². The molecule has 1 aromatic rings. The standard InChI is InChI=1S/C12H15ClN2O3/c1-17-10-6-8(2-3-9(10)13)15-12(16)11-7-14-4-5-18-11/h2-3,6,11,14H,4-5,7H2,1H3,(H,15,16). The third-order valence-electron chi connectivity index (χ3n) is 2.64. The average Bonchev–Trinajstić information content (AvgIpc) is 2.42. The van der Waals surface area contributed by atoms with Crippen LogP contribution in [0.3, 0.4) is 0 Å². The summed E-state index contributed by atoms with van der Waals surface area (Å²) in [4.78, 5) is 11.9. The van der Waals surface area contributed by atoms with E-state index in [1.807, 2.05) is 0 Å². The zero-order valence-electron chi connectivity index (χ0n) is 10.0. The van der Waals surface area contributed by atoms with E-state index >= 15 is 0 Å². The van der Waals surface area contributed by atoms with Crippen LogP contribution in [-0.2, 0) is 9.53 Å². The Balaban J connectivity index is 2.02. The van der Waals surface area contributed by atoms with Crippen LogP contribution >= 0.6 is 11.6 Å². The quantitative estimate of drug-likeness (QED) is 0.869. The molecule has 1 saturated heterocycles. The molecule has 1 aliphatic rings. The van der Waals surface area contributed by atoms with E-state index in [2.05, 4.69) is 10.6 Å². The third-order valence-corrected chi connectivity index (χ3v) is 2.95. The number of benzene rings is 1. The SMILES string of the molecule is COc1cc(NC(=O)C2CNCCO2)ccc1Cl. The molecule has 0 radical (unpaired) electrons. The molecule has 18 heavy (non-hydrogen) atoms. The van der Waals surface area contributed by atoms with Crippen LogP contribution in [0.2, 0.25) is 5.02 Å². The van der Waals surface area contributed by atoms with Crippen molar-refractivity contribution >= 4 is 23.2 Å². The molecule has 5 nitrogen and oxygen atoms in total. The number of ether oxygens (including phenoxy) is 2. The molecule has 0 aliphatic carbocycles. The molecule has 0 aromatic heterocycles. The van der Waals surface area contributed by atoms with E-state index < -0.39 is 6.10 Å². The van der Waals surface area contributed by atoms with Gasteiger partial charge in [-0.25, -0.2) is 0 Å². The lowest BCUT2D eigenvalue weighted by Crippen LogP contribution is -2.45. The fourth-order valence-electron chi connectivity index (χ4n) is 1.69. The van der Waals surface area contributed by atoms with Gasteiger partial charge in [-0.1, -0.05) is 11.6 Å². The minimum Gasteiger partial charge on any atom is -0.495 e. The van der Waals surface area contributed by atoms with Gasteiger partial charge in [0.15, 0.2) is 0 Å². The first kappa shape index (κ1) is 13.1. The van der Waals surface area contributed by atoms with Crippen molar-refractivity contribution in [2.24, 2.45) is 0 Å². The monoisotopic (exact) mass is 270 g/mol. The summed E-state index contributed by atoms with van der Waals surface area (Å²) in [6.45, 7) is 1.84. The molecule has 98 valence electrons. The number of hydrogen-bond donors (Lipinski definition) is 2. The Morgan fingerprint density at radius 1 is 1.61 bits per heavy atom. The molecule has 0 spiro atoms. The maximum Gasteiger partial charge on any atom is 0.254 e. The molecule has 2 rings (SSSR count). The lowest BCUT2D eigenvalue weighted by atomic mass is 10.2. The highest BCUT2D eigenvalue weighted by Crippen LogP contribution is 2.27. The maximum absolute atomic E-state index is 11.9. The summed E-state index contributed by atoms with van der Waals surface area (Å²) in [5.41, 5.74) is 0.635. The van der Waals surface area contributed by atoms with Gasteiger partial charge in [0, 0.05) is 24.8 Å². The first-order valence-electron chi connectivity index (χ1n) is 5.67. The Morgan fingerprint density at radius 3 is 3.11 bits per heavy atom. The number of halogens is 1. The fourth-order valence-corrected chi connectivity index (χ4v) is 1.89. The van der Waals surface area contributed by atoms with Crippen LogP contribution in [0, 0.1) is 0 Å². The van der Waals surface area contributed by atoms with Crippen molar-refractivity contribution in [2.75, 3.05) is 32.1 Å². The van der Waals surface area contributed by atoms with Crippen molar-refractivity contribution in [1.82, 2.24) is 5.32 Å². The van der Waals surface area contributed by atoms with Crippen LogP contribution < -0.4 is 15.4 Å². The fraction of sp³-hybridized carbons (Fsp3) is 0.417. The first-order chi connectivity index (χ1) is 8.70. The second-order valence-electron chi connectivity index (χ2n) is 3.90. The molecule has 1 aromatic carbocycles.